The summed E-state index contributed by atoms with van der Waals surface area (Å²) >= 11 is 0. The van der Waals surface area contributed by atoms with Gasteiger partial charge in [0.2, 0.25) is 0 Å². The zero-order valence-electron chi connectivity index (χ0n) is 6.87. The first kappa shape index (κ1) is 9.97. The lowest BCUT2D eigenvalue weighted by Crippen LogP contribution is -2.29. The Kier molecular flexibility index (Phi) is 4.29. The van der Waals surface area contributed by atoms with Gasteiger partial charge < -0.3 is 10.8 Å². The molecule has 0 aliphatic rings. The number of nitrogens with zero attached hydrogens (tertiary/aromatic N) is 1. The topological polar surface area (TPSA) is 66.6 Å². The largest absolute Gasteiger partial charge is 0.465 e. The van der Waals surface area contributed by atoms with Gasteiger partial charge in [0, 0.05) is 19.3 Å². The molecule has 0 aromatic heterocycles. The quantitative estimate of drug-likeness (QED) is 0.639. The van der Waals surface area contributed by atoms with Crippen LogP contribution in [0.4, 0.5) is 4.79 Å². The SMILES string of the molecule is CC(C)=CN(CCN)C(=O)O. The second kappa shape index (κ2) is 4.73. The molecule has 0 saturated heterocycles. The highest BCUT2D eigenvalue weighted by atomic mass is 16.4. The first-order valence-electron chi connectivity index (χ1n) is 3.42. The molecule has 4 nitrogen and oxygen atoms in total. The zero-order chi connectivity index (χ0) is 8.85. The van der Waals surface area contributed by atoms with Crippen molar-refractivity contribution >= 4 is 6.09 Å². The number of nitrogens with two attached hydrogens (primary N) is 1. The van der Waals surface area contributed by atoms with E-state index in [1.54, 1.807) is 6.20 Å². The maximum Gasteiger partial charge on any atom is 0.411 e. The van der Waals surface area contributed by atoms with Gasteiger partial charge in [-0.25, -0.2) is 4.79 Å². The summed E-state index contributed by atoms with van der Waals surface area (Å²) in [6.07, 6.45) is 0.603. The summed E-state index contributed by atoms with van der Waals surface area (Å²) in [6, 6.07) is 0. The van der Waals surface area contributed by atoms with Crippen molar-refractivity contribution in [1.82, 2.24) is 4.90 Å². The molecular weight excluding hydrogens is 144 g/mol. The first-order chi connectivity index (χ1) is 5.07. The van der Waals surface area contributed by atoms with Gasteiger partial charge in [-0.05, 0) is 13.8 Å². The van der Waals surface area contributed by atoms with Crippen LogP contribution in [-0.2, 0) is 0 Å². The molecule has 0 atom stereocenters. The molecule has 0 aliphatic heterocycles. The van der Waals surface area contributed by atoms with E-state index in [0.29, 0.717) is 13.1 Å². The maximum atomic E-state index is 10.5. The van der Waals surface area contributed by atoms with E-state index in [2.05, 4.69) is 0 Å². The molecule has 0 heterocycles. The number of hydrogen-bond donors (Lipinski definition) is 2. The lowest BCUT2D eigenvalue weighted by Gasteiger charge is -2.13. The average molecular weight is 158 g/mol. The minimum atomic E-state index is -0.961. The number of amides is 1. The summed E-state index contributed by atoms with van der Waals surface area (Å²) in [5, 5.41) is 8.58. The van der Waals surface area contributed by atoms with Crippen LogP contribution in [0.3, 0.4) is 0 Å². The van der Waals surface area contributed by atoms with Gasteiger partial charge in [0.05, 0.1) is 0 Å². The predicted octanol–water partition coefficient (Wildman–Crippen LogP) is 0.849. The molecule has 11 heavy (non-hydrogen) atoms. The van der Waals surface area contributed by atoms with Crippen molar-refractivity contribution in [3.8, 4) is 0 Å². The van der Waals surface area contributed by atoms with Crippen LogP contribution in [0.25, 0.3) is 0 Å². The van der Waals surface area contributed by atoms with E-state index in [9.17, 15) is 4.79 Å². The lowest BCUT2D eigenvalue weighted by molar-refractivity contribution is 0.163. The summed E-state index contributed by atoms with van der Waals surface area (Å²) in [7, 11) is 0. The van der Waals surface area contributed by atoms with Crippen molar-refractivity contribution in [2.75, 3.05) is 13.1 Å². The molecule has 1 amide bonds. The Morgan fingerprint density at radius 3 is 2.45 bits per heavy atom. The summed E-state index contributed by atoms with van der Waals surface area (Å²) in [4.78, 5) is 11.6. The highest BCUT2D eigenvalue weighted by Crippen LogP contribution is 1.95. The smallest absolute Gasteiger partial charge is 0.411 e. The molecule has 64 valence electrons. The molecule has 0 saturated carbocycles. The second-order valence-electron chi connectivity index (χ2n) is 2.47. The van der Waals surface area contributed by atoms with Crippen molar-refractivity contribution in [1.29, 1.82) is 0 Å². The summed E-state index contributed by atoms with van der Waals surface area (Å²) < 4.78 is 0. The van der Waals surface area contributed by atoms with Crippen molar-refractivity contribution in [2.24, 2.45) is 5.73 Å². The van der Waals surface area contributed by atoms with E-state index in [-0.39, 0.29) is 0 Å². The van der Waals surface area contributed by atoms with E-state index >= 15 is 0 Å². The van der Waals surface area contributed by atoms with Gasteiger partial charge >= 0.3 is 6.09 Å². The number of rotatable bonds is 3. The van der Waals surface area contributed by atoms with Crippen LogP contribution >= 0.6 is 0 Å². The molecule has 0 bridgehead atoms. The molecule has 0 aromatic rings. The molecule has 3 N–H and O–H groups in total. The Labute approximate surface area is 66.3 Å². The summed E-state index contributed by atoms with van der Waals surface area (Å²) in [6.45, 7) is 4.37. The Bertz CT molecular complexity index is 162. The van der Waals surface area contributed by atoms with Gasteiger partial charge in [-0.3, -0.25) is 4.90 Å². The van der Waals surface area contributed by atoms with Gasteiger partial charge in [0.25, 0.3) is 0 Å². The fraction of sp³-hybridized carbons (Fsp3) is 0.571. The monoisotopic (exact) mass is 158 g/mol. The second-order valence-corrected chi connectivity index (χ2v) is 2.47. The average Bonchev–Trinajstić information content (AvgIpc) is 1.86. The number of carboxylic acid groups (broad SMARTS) is 1. The Balaban J connectivity index is 4.11. The normalized spacial score (nSPS) is 9.00. The van der Waals surface area contributed by atoms with E-state index in [1.807, 2.05) is 13.8 Å². The van der Waals surface area contributed by atoms with Gasteiger partial charge in [-0.1, -0.05) is 5.57 Å². The van der Waals surface area contributed by atoms with E-state index in [0.717, 1.165) is 5.57 Å². The van der Waals surface area contributed by atoms with Crippen molar-refractivity contribution in [3.05, 3.63) is 11.8 Å². The number of allylic oxidation sites excluding steroid dienone is 1. The van der Waals surface area contributed by atoms with Crippen LogP contribution in [0.15, 0.2) is 11.8 Å². The highest BCUT2D eigenvalue weighted by molar-refractivity contribution is 5.66. The number of carbonyl (C=O) groups is 1. The van der Waals surface area contributed by atoms with Crippen LogP contribution in [-0.4, -0.2) is 29.2 Å². The molecule has 0 fully saturated rings. The van der Waals surface area contributed by atoms with Crippen LogP contribution in [0.5, 0.6) is 0 Å². The standard InChI is InChI=1S/C7H14N2O2/c1-6(2)5-9(4-3-8)7(10)11/h5H,3-4,8H2,1-2H3,(H,10,11). The number of hydrogen-bond acceptors (Lipinski definition) is 2. The van der Waals surface area contributed by atoms with Crippen molar-refractivity contribution in [3.63, 3.8) is 0 Å². The third kappa shape index (κ3) is 4.38. The minimum Gasteiger partial charge on any atom is -0.465 e. The fourth-order valence-electron chi connectivity index (χ4n) is 0.666. The first-order valence-corrected chi connectivity index (χ1v) is 3.42. The summed E-state index contributed by atoms with van der Waals surface area (Å²) in [5.41, 5.74) is 6.15. The molecule has 4 heteroatoms. The maximum absolute atomic E-state index is 10.5. The molecule has 0 radical (unpaired) electrons. The van der Waals surface area contributed by atoms with E-state index in [4.69, 9.17) is 10.8 Å². The molecular formula is C7H14N2O2. The van der Waals surface area contributed by atoms with Gasteiger partial charge in [-0.2, -0.15) is 0 Å². The molecule has 0 unspecified atom stereocenters. The van der Waals surface area contributed by atoms with Crippen molar-refractivity contribution < 1.29 is 9.90 Å². The Morgan fingerprint density at radius 2 is 2.18 bits per heavy atom. The van der Waals surface area contributed by atoms with E-state index < -0.39 is 6.09 Å². The molecule has 0 aromatic carbocycles. The van der Waals surface area contributed by atoms with Gasteiger partial charge in [0.15, 0.2) is 0 Å². The third-order valence-electron chi connectivity index (χ3n) is 1.03. The van der Waals surface area contributed by atoms with Crippen molar-refractivity contribution in [2.45, 2.75) is 13.8 Å². The Morgan fingerprint density at radius 1 is 1.64 bits per heavy atom. The lowest BCUT2D eigenvalue weighted by atomic mass is 10.4. The molecule has 0 aliphatic carbocycles. The van der Waals surface area contributed by atoms with Crippen LogP contribution in [0, 0.1) is 0 Å². The molecule has 0 spiro atoms. The third-order valence-corrected chi connectivity index (χ3v) is 1.03. The Hall–Kier alpha value is -1.03. The highest BCUT2D eigenvalue weighted by Gasteiger charge is 2.05. The van der Waals surface area contributed by atoms with Crippen LogP contribution < -0.4 is 5.73 Å². The van der Waals surface area contributed by atoms with Gasteiger partial charge in [-0.15, -0.1) is 0 Å². The molecule has 0 rings (SSSR count). The van der Waals surface area contributed by atoms with E-state index in [1.165, 1.54) is 4.90 Å². The van der Waals surface area contributed by atoms with Crippen LogP contribution in [0.1, 0.15) is 13.8 Å². The van der Waals surface area contributed by atoms with Crippen LogP contribution in [0.2, 0.25) is 0 Å². The minimum absolute atomic E-state index is 0.343. The summed E-state index contributed by atoms with van der Waals surface area (Å²) in [5.74, 6) is 0. The van der Waals surface area contributed by atoms with Gasteiger partial charge in [0.1, 0.15) is 0 Å². The predicted molar refractivity (Wildman–Crippen MR) is 43.2 cm³/mol. The fourth-order valence-corrected chi connectivity index (χ4v) is 0.666. The zero-order valence-corrected chi connectivity index (χ0v) is 6.87.